The first-order chi connectivity index (χ1) is 13.0. The van der Waals surface area contributed by atoms with Gasteiger partial charge in [-0.3, -0.25) is 0 Å². The summed E-state index contributed by atoms with van der Waals surface area (Å²) >= 11 is 0. The molecule has 0 atom stereocenters. The number of benzene rings is 3. The van der Waals surface area contributed by atoms with Crippen LogP contribution in [0.5, 0.6) is 0 Å². The lowest BCUT2D eigenvalue weighted by molar-refractivity contribution is 0.737. The molecule has 0 aliphatic rings. The maximum absolute atomic E-state index is 2.20. The van der Waals surface area contributed by atoms with Crippen molar-refractivity contribution in [3.05, 3.63) is 84.4 Å². The second-order valence-electron chi connectivity index (χ2n) is 6.64. The van der Waals surface area contributed by atoms with Crippen LogP contribution in [0.15, 0.2) is 78.9 Å². The summed E-state index contributed by atoms with van der Waals surface area (Å²) in [4.78, 5) is 0. The van der Waals surface area contributed by atoms with Gasteiger partial charge in [-0.1, -0.05) is 141 Å². The standard InChI is InChI=1S/C10H8.C9H12.C4H10.2C2H6/c1-2-6-10-8-4-3-7-9(10)5-1;1-8(2)9-6-4-3-5-7-9;1-4(2)3;2*1-2/h1-8H;3-8H,1-2H3;4H,1-3H3;2*1-2H3. The third-order valence-electron chi connectivity index (χ3n) is 3.12. The molecule has 0 aliphatic carbocycles. The van der Waals surface area contributed by atoms with Crippen LogP contribution < -0.4 is 0 Å². The van der Waals surface area contributed by atoms with Crippen LogP contribution in [0.25, 0.3) is 10.8 Å². The molecule has 0 aliphatic heterocycles. The highest BCUT2D eigenvalue weighted by atomic mass is 14.0. The van der Waals surface area contributed by atoms with Crippen molar-refractivity contribution in [1.82, 2.24) is 0 Å². The Morgan fingerprint density at radius 3 is 0.926 bits per heavy atom. The first kappa shape index (κ1) is 27.1. The summed E-state index contributed by atoms with van der Waals surface area (Å²) in [6.07, 6.45) is 0. The molecule has 0 N–H and O–H groups in total. The molecule has 0 heterocycles. The molecule has 0 amide bonds. The molecule has 0 unspecified atom stereocenters. The number of hydrogen-bond donors (Lipinski definition) is 0. The highest BCUT2D eigenvalue weighted by Crippen LogP contribution is 2.12. The third-order valence-corrected chi connectivity index (χ3v) is 3.12. The van der Waals surface area contributed by atoms with E-state index in [1.54, 1.807) is 0 Å². The number of hydrogen-bond acceptors (Lipinski definition) is 0. The summed E-state index contributed by atoms with van der Waals surface area (Å²) in [5.41, 5.74) is 1.41. The zero-order chi connectivity index (χ0) is 21.1. The largest absolute Gasteiger partial charge is 0.0683 e. The van der Waals surface area contributed by atoms with Gasteiger partial charge in [-0.25, -0.2) is 0 Å². The van der Waals surface area contributed by atoms with Crippen LogP contribution in [0.3, 0.4) is 0 Å². The van der Waals surface area contributed by atoms with E-state index < -0.39 is 0 Å². The Bertz CT molecular complexity index is 583. The quantitative estimate of drug-likeness (QED) is 0.402. The molecule has 150 valence electrons. The van der Waals surface area contributed by atoms with Crippen molar-refractivity contribution in [1.29, 1.82) is 0 Å². The molecular formula is C27H42. The first-order valence-corrected chi connectivity index (χ1v) is 10.5. The minimum absolute atomic E-state index is 0.659. The molecule has 27 heavy (non-hydrogen) atoms. The molecular weight excluding hydrogens is 324 g/mol. The van der Waals surface area contributed by atoms with Gasteiger partial charge in [0.1, 0.15) is 0 Å². The Morgan fingerprint density at radius 1 is 0.444 bits per heavy atom. The van der Waals surface area contributed by atoms with Crippen LogP contribution in [0.2, 0.25) is 0 Å². The van der Waals surface area contributed by atoms with Gasteiger partial charge in [0.25, 0.3) is 0 Å². The second-order valence-corrected chi connectivity index (χ2v) is 6.64. The van der Waals surface area contributed by atoms with Gasteiger partial charge in [-0.05, 0) is 28.2 Å². The van der Waals surface area contributed by atoms with E-state index in [0.717, 1.165) is 5.92 Å². The fourth-order valence-electron chi connectivity index (χ4n) is 1.97. The molecule has 0 heteroatoms. The Hall–Kier alpha value is -2.08. The fourth-order valence-corrected chi connectivity index (χ4v) is 1.97. The van der Waals surface area contributed by atoms with Crippen molar-refractivity contribution in [3.63, 3.8) is 0 Å². The van der Waals surface area contributed by atoms with Crippen LogP contribution in [-0.2, 0) is 0 Å². The molecule has 3 rings (SSSR count). The summed E-state index contributed by atoms with van der Waals surface area (Å²) in [6, 6.07) is 27.2. The highest BCUT2D eigenvalue weighted by molar-refractivity contribution is 5.81. The van der Waals surface area contributed by atoms with Gasteiger partial charge in [-0.2, -0.15) is 0 Å². The van der Waals surface area contributed by atoms with Crippen molar-refractivity contribution < 1.29 is 0 Å². The van der Waals surface area contributed by atoms with E-state index in [1.807, 2.05) is 33.8 Å². The molecule has 0 radical (unpaired) electrons. The van der Waals surface area contributed by atoms with Crippen molar-refractivity contribution in [2.24, 2.45) is 5.92 Å². The summed E-state index contributed by atoms with van der Waals surface area (Å²) in [5.74, 6) is 1.49. The lowest BCUT2D eigenvalue weighted by Gasteiger charge is -2.01. The zero-order valence-corrected chi connectivity index (χ0v) is 19.2. The monoisotopic (exact) mass is 366 g/mol. The van der Waals surface area contributed by atoms with Crippen molar-refractivity contribution >= 4 is 10.8 Å². The molecule has 0 fully saturated rings. The molecule has 3 aromatic rings. The summed E-state index contributed by atoms with van der Waals surface area (Å²) in [6.45, 7) is 18.9. The van der Waals surface area contributed by atoms with Crippen LogP contribution >= 0.6 is 0 Å². The van der Waals surface area contributed by atoms with Crippen LogP contribution in [-0.4, -0.2) is 0 Å². The second kappa shape index (κ2) is 18.7. The lowest BCUT2D eigenvalue weighted by atomic mass is 10.0. The molecule has 0 saturated carbocycles. The molecule has 0 nitrogen and oxygen atoms in total. The Kier molecular flexibility index (Phi) is 18.8. The lowest BCUT2D eigenvalue weighted by Crippen LogP contribution is -1.83. The maximum atomic E-state index is 2.20. The average molecular weight is 367 g/mol. The van der Waals surface area contributed by atoms with E-state index in [-0.39, 0.29) is 0 Å². The van der Waals surface area contributed by atoms with Gasteiger partial charge < -0.3 is 0 Å². The van der Waals surface area contributed by atoms with E-state index in [2.05, 4.69) is 107 Å². The van der Waals surface area contributed by atoms with E-state index in [4.69, 9.17) is 0 Å². The van der Waals surface area contributed by atoms with E-state index in [0.29, 0.717) is 5.92 Å². The van der Waals surface area contributed by atoms with Gasteiger partial charge >= 0.3 is 0 Å². The van der Waals surface area contributed by atoms with Crippen LogP contribution in [0.1, 0.15) is 73.8 Å². The SMILES string of the molecule is CC.CC.CC(C)C.CC(C)c1ccccc1.c1ccc2ccccc2c1. The van der Waals surface area contributed by atoms with Crippen molar-refractivity contribution in [2.75, 3.05) is 0 Å². The van der Waals surface area contributed by atoms with Crippen molar-refractivity contribution in [3.8, 4) is 0 Å². The summed E-state index contributed by atoms with van der Waals surface area (Å²) < 4.78 is 0. The Balaban J connectivity index is 0. The maximum Gasteiger partial charge on any atom is -0.0184 e. The van der Waals surface area contributed by atoms with E-state index >= 15 is 0 Å². The summed E-state index contributed by atoms with van der Waals surface area (Å²) in [5, 5.41) is 2.62. The Morgan fingerprint density at radius 2 is 0.704 bits per heavy atom. The van der Waals surface area contributed by atoms with Gasteiger partial charge in [0, 0.05) is 0 Å². The highest BCUT2D eigenvalue weighted by Gasteiger charge is 1.93. The van der Waals surface area contributed by atoms with E-state index in [9.17, 15) is 0 Å². The topological polar surface area (TPSA) is 0 Å². The van der Waals surface area contributed by atoms with Crippen LogP contribution in [0.4, 0.5) is 0 Å². The van der Waals surface area contributed by atoms with Crippen molar-refractivity contribution in [2.45, 2.75) is 68.2 Å². The van der Waals surface area contributed by atoms with Gasteiger partial charge in [0.05, 0.1) is 0 Å². The number of fused-ring (bicyclic) bond motifs is 1. The predicted octanol–water partition coefficient (Wildman–Crippen LogP) is 9.36. The van der Waals surface area contributed by atoms with E-state index in [1.165, 1.54) is 16.3 Å². The molecule has 0 aromatic heterocycles. The van der Waals surface area contributed by atoms with Gasteiger partial charge in [-0.15, -0.1) is 0 Å². The molecule has 3 aromatic carbocycles. The fraction of sp³-hybridized carbons (Fsp3) is 0.407. The predicted molar refractivity (Wildman–Crippen MR) is 128 cm³/mol. The third kappa shape index (κ3) is 14.7. The zero-order valence-electron chi connectivity index (χ0n) is 19.2. The molecule has 0 saturated heterocycles. The first-order valence-electron chi connectivity index (χ1n) is 10.5. The van der Waals surface area contributed by atoms with Gasteiger partial charge in [0.15, 0.2) is 0 Å². The Labute approximate surface area is 169 Å². The van der Waals surface area contributed by atoms with Gasteiger partial charge in [0.2, 0.25) is 0 Å². The average Bonchev–Trinajstić information content (AvgIpc) is 2.72. The van der Waals surface area contributed by atoms with Crippen LogP contribution in [0, 0.1) is 5.92 Å². The minimum atomic E-state index is 0.659. The molecule has 0 bridgehead atoms. The normalized spacial score (nSPS) is 8.85. The number of rotatable bonds is 1. The molecule has 0 spiro atoms. The minimum Gasteiger partial charge on any atom is -0.0683 e. The smallest absolute Gasteiger partial charge is 0.0184 e. The summed E-state index contributed by atoms with van der Waals surface area (Å²) in [7, 11) is 0.